The van der Waals surface area contributed by atoms with Gasteiger partial charge in [0.15, 0.2) is 0 Å². The Morgan fingerprint density at radius 1 is 1.06 bits per heavy atom. The van der Waals surface area contributed by atoms with Crippen molar-refractivity contribution in [3.8, 4) is 11.5 Å². The van der Waals surface area contributed by atoms with Crippen molar-refractivity contribution >= 4 is 28.4 Å². The van der Waals surface area contributed by atoms with Gasteiger partial charge in [-0.1, -0.05) is 25.0 Å². The maximum atomic E-state index is 14.0. The molecule has 1 aliphatic carbocycles. The number of amides is 2. The highest BCUT2D eigenvalue weighted by atomic mass is 16.5. The Balaban J connectivity index is 1.67. The molecule has 3 aromatic rings. The van der Waals surface area contributed by atoms with E-state index < -0.39 is 5.54 Å². The second-order valence-electron chi connectivity index (χ2n) is 9.08. The summed E-state index contributed by atoms with van der Waals surface area (Å²) in [6.45, 7) is 2.16. The molecule has 1 aromatic heterocycles. The Morgan fingerprint density at radius 2 is 1.82 bits per heavy atom. The van der Waals surface area contributed by atoms with E-state index in [4.69, 9.17) is 9.47 Å². The Kier molecular flexibility index (Phi) is 5.27. The molecular weight excluding hydrogens is 418 g/mol. The van der Waals surface area contributed by atoms with Gasteiger partial charge in [-0.3, -0.25) is 14.5 Å². The summed E-state index contributed by atoms with van der Waals surface area (Å²) in [5, 5.41) is 4.16. The van der Waals surface area contributed by atoms with E-state index in [9.17, 15) is 9.59 Å². The predicted molar refractivity (Wildman–Crippen MR) is 127 cm³/mol. The fourth-order valence-corrected chi connectivity index (χ4v) is 5.20. The van der Waals surface area contributed by atoms with Crippen LogP contribution in [0.4, 0.5) is 5.69 Å². The van der Waals surface area contributed by atoms with Gasteiger partial charge in [0.05, 0.1) is 32.0 Å². The minimum atomic E-state index is -1.14. The van der Waals surface area contributed by atoms with Crippen LogP contribution < -0.4 is 19.7 Å². The van der Waals surface area contributed by atoms with Crippen LogP contribution in [0.15, 0.2) is 48.5 Å². The first-order valence-corrected chi connectivity index (χ1v) is 11.4. The Hall–Kier alpha value is -3.48. The first-order chi connectivity index (χ1) is 16.0. The van der Waals surface area contributed by atoms with Crippen molar-refractivity contribution in [1.82, 2.24) is 9.88 Å². The lowest BCUT2D eigenvalue weighted by atomic mass is 9.93. The van der Waals surface area contributed by atoms with Gasteiger partial charge in [0, 0.05) is 17.5 Å². The molecule has 5 rings (SSSR count). The van der Waals surface area contributed by atoms with Crippen molar-refractivity contribution in [3.05, 3.63) is 54.2 Å². The van der Waals surface area contributed by atoms with Crippen LogP contribution in [0.25, 0.3) is 10.9 Å². The number of hydrogen-bond donors (Lipinski definition) is 1. The molecule has 1 saturated carbocycles. The molecule has 2 heterocycles. The molecule has 7 nitrogen and oxygen atoms in total. The largest absolute Gasteiger partial charge is 0.497 e. The third-order valence-electron chi connectivity index (χ3n) is 7.00. The number of fused-ring (bicyclic) bond motifs is 3. The van der Waals surface area contributed by atoms with Crippen molar-refractivity contribution in [1.29, 1.82) is 0 Å². The topological polar surface area (TPSA) is 72.8 Å². The molecule has 0 saturated heterocycles. The second kappa shape index (κ2) is 8.14. The van der Waals surface area contributed by atoms with Gasteiger partial charge in [0.2, 0.25) is 5.91 Å². The zero-order valence-electron chi connectivity index (χ0n) is 19.3. The monoisotopic (exact) mass is 447 g/mol. The van der Waals surface area contributed by atoms with Crippen molar-refractivity contribution in [2.45, 2.75) is 50.7 Å². The fraction of sp³-hybridized carbons (Fsp3) is 0.385. The Bertz CT molecular complexity index is 1230. The number of carbonyl (C=O) groups is 2. The van der Waals surface area contributed by atoms with Crippen LogP contribution in [0.5, 0.6) is 11.5 Å². The minimum Gasteiger partial charge on any atom is -0.497 e. The maximum Gasteiger partial charge on any atom is 0.276 e. The molecule has 1 atom stereocenters. The zero-order valence-corrected chi connectivity index (χ0v) is 19.3. The van der Waals surface area contributed by atoms with Gasteiger partial charge >= 0.3 is 0 Å². The molecule has 1 N–H and O–H groups in total. The molecule has 2 aliphatic rings. The van der Waals surface area contributed by atoms with Crippen molar-refractivity contribution in [3.63, 3.8) is 0 Å². The number of nitrogens with one attached hydrogen (secondary N) is 1. The number of anilines is 1. The summed E-state index contributed by atoms with van der Waals surface area (Å²) in [6.07, 6.45) is 4.17. The molecule has 0 radical (unpaired) electrons. The van der Waals surface area contributed by atoms with E-state index >= 15 is 0 Å². The summed E-state index contributed by atoms with van der Waals surface area (Å²) < 4.78 is 12.9. The number of ether oxygens (including phenoxy) is 2. The second-order valence-corrected chi connectivity index (χ2v) is 9.08. The van der Waals surface area contributed by atoms with Gasteiger partial charge in [0.1, 0.15) is 22.7 Å². The molecule has 2 amide bonds. The summed E-state index contributed by atoms with van der Waals surface area (Å²) in [5.41, 5.74) is 0.854. The number of nitrogens with zero attached hydrogens (tertiary/aromatic N) is 2. The van der Waals surface area contributed by atoms with Gasteiger partial charge in [-0.15, -0.1) is 0 Å². The molecule has 33 heavy (non-hydrogen) atoms. The number of carbonyl (C=O) groups excluding carboxylic acids is 2. The molecule has 1 fully saturated rings. The average molecular weight is 448 g/mol. The SMILES string of the molecule is COc1ccc2cc3n(c2c1)C[C@](C)(C(=O)NC1CCCC1)N(c1ccccc1OC)C3=O. The smallest absolute Gasteiger partial charge is 0.276 e. The summed E-state index contributed by atoms with van der Waals surface area (Å²) >= 11 is 0. The van der Waals surface area contributed by atoms with E-state index in [1.54, 1.807) is 19.1 Å². The van der Waals surface area contributed by atoms with Gasteiger partial charge < -0.3 is 19.4 Å². The summed E-state index contributed by atoms with van der Waals surface area (Å²) in [5.74, 6) is 0.881. The number of aromatic nitrogens is 1. The van der Waals surface area contributed by atoms with Crippen LogP contribution in [0.1, 0.15) is 43.1 Å². The highest BCUT2D eigenvalue weighted by Crippen LogP contribution is 2.40. The highest BCUT2D eigenvalue weighted by molar-refractivity contribution is 6.14. The molecule has 2 aromatic carbocycles. The van der Waals surface area contributed by atoms with Crippen LogP contribution >= 0.6 is 0 Å². The van der Waals surface area contributed by atoms with Crippen LogP contribution in [0.2, 0.25) is 0 Å². The normalized spacial score (nSPS) is 20.7. The number of benzene rings is 2. The van der Waals surface area contributed by atoms with Crippen LogP contribution in [-0.2, 0) is 11.3 Å². The molecule has 1 aliphatic heterocycles. The molecule has 7 heteroatoms. The first-order valence-electron chi connectivity index (χ1n) is 11.4. The molecule has 0 bridgehead atoms. The molecule has 0 unspecified atom stereocenters. The lowest BCUT2D eigenvalue weighted by Gasteiger charge is -2.44. The van der Waals surface area contributed by atoms with Gasteiger partial charge in [-0.25, -0.2) is 0 Å². The van der Waals surface area contributed by atoms with Gasteiger partial charge in [-0.2, -0.15) is 0 Å². The lowest BCUT2D eigenvalue weighted by molar-refractivity contribution is -0.127. The maximum absolute atomic E-state index is 14.0. The number of para-hydroxylation sites is 2. The fourth-order valence-electron chi connectivity index (χ4n) is 5.20. The number of rotatable bonds is 5. The summed E-state index contributed by atoms with van der Waals surface area (Å²) in [4.78, 5) is 29.4. The van der Waals surface area contributed by atoms with Crippen molar-refractivity contribution in [2.24, 2.45) is 0 Å². The van der Waals surface area contributed by atoms with Crippen LogP contribution in [0, 0.1) is 0 Å². The van der Waals surface area contributed by atoms with E-state index in [-0.39, 0.29) is 17.9 Å². The van der Waals surface area contributed by atoms with Crippen molar-refractivity contribution < 1.29 is 19.1 Å². The highest BCUT2D eigenvalue weighted by Gasteiger charge is 2.49. The van der Waals surface area contributed by atoms with E-state index in [0.29, 0.717) is 29.4 Å². The minimum absolute atomic E-state index is 0.145. The van der Waals surface area contributed by atoms with E-state index in [1.807, 2.05) is 60.0 Å². The summed E-state index contributed by atoms with van der Waals surface area (Å²) in [7, 11) is 3.20. The molecule has 172 valence electrons. The summed E-state index contributed by atoms with van der Waals surface area (Å²) in [6, 6.07) is 15.1. The van der Waals surface area contributed by atoms with Gasteiger partial charge in [0.25, 0.3) is 5.91 Å². The third-order valence-corrected chi connectivity index (χ3v) is 7.00. The zero-order chi connectivity index (χ0) is 23.2. The third kappa shape index (κ3) is 3.43. The average Bonchev–Trinajstić information content (AvgIpc) is 3.47. The number of hydrogen-bond acceptors (Lipinski definition) is 4. The molecular formula is C26H29N3O4. The van der Waals surface area contributed by atoms with E-state index in [1.165, 1.54) is 0 Å². The molecule has 0 spiro atoms. The number of methoxy groups -OCH3 is 2. The lowest BCUT2D eigenvalue weighted by Crippen LogP contribution is -2.65. The van der Waals surface area contributed by atoms with Crippen molar-refractivity contribution in [2.75, 3.05) is 19.1 Å². The van der Waals surface area contributed by atoms with E-state index in [2.05, 4.69) is 5.32 Å². The van der Waals surface area contributed by atoms with E-state index in [0.717, 1.165) is 36.6 Å². The quantitative estimate of drug-likeness (QED) is 0.638. The van der Waals surface area contributed by atoms with Crippen LogP contribution in [-0.4, -0.2) is 42.2 Å². The van der Waals surface area contributed by atoms with Crippen LogP contribution in [0.3, 0.4) is 0 Å². The predicted octanol–water partition coefficient (Wildman–Crippen LogP) is 4.14. The standard InChI is InChI=1S/C26H29N3O4/c1-26(25(31)27-18-8-4-5-9-18)16-28-21-15-19(32-2)13-12-17(21)14-22(28)24(30)29(26)20-10-6-7-11-23(20)33-3/h6-7,10-15,18H,4-5,8-9,16H2,1-3H3,(H,27,31)/t26-/m1/s1. The Morgan fingerprint density at radius 3 is 2.55 bits per heavy atom. The first kappa shape index (κ1) is 21.4. The van der Waals surface area contributed by atoms with Gasteiger partial charge in [-0.05, 0) is 50.1 Å². The Labute approximate surface area is 193 Å².